The smallest absolute Gasteiger partial charge is 0.265 e. The van der Waals surface area contributed by atoms with Gasteiger partial charge in [0, 0.05) is 5.69 Å². The highest BCUT2D eigenvalue weighted by Crippen LogP contribution is 2.18. The second kappa shape index (κ2) is 4.14. The lowest BCUT2D eigenvalue weighted by Crippen LogP contribution is -2.30. The topological polar surface area (TPSA) is 51.8 Å². The van der Waals surface area contributed by atoms with Gasteiger partial charge in [-0.25, -0.2) is 18.7 Å². The van der Waals surface area contributed by atoms with Crippen LogP contribution in [-0.2, 0) is 6.42 Å². The minimum absolute atomic E-state index is 0.0205. The molecule has 6 heteroatoms. The van der Waals surface area contributed by atoms with Gasteiger partial charge in [0.2, 0.25) is 5.28 Å². The molecule has 0 atom stereocenters. The Morgan fingerprint density at radius 1 is 1.50 bits per heavy atom. The Morgan fingerprint density at radius 2 is 2.14 bits per heavy atom. The van der Waals surface area contributed by atoms with Gasteiger partial charge >= 0.3 is 0 Å². The van der Waals surface area contributed by atoms with Gasteiger partial charge in [0.1, 0.15) is 0 Å². The molecule has 0 amide bonds. The molecule has 0 unspecified atom stereocenters. The fourth-order valence-corrected chi connectivity index (χ4v) is 1.26. The molecule has 2 N–H and O–H groups in total. The molecule has 0 saturated carbocycles. The van der Waals surface area contributed by atoms with Crippen molar-refractivity contribution >= 4 is 11.6 Å². The third-order valence-corrected chi connectivity index (χ3v) is 1.79. The number of alkyl halides is 2. The quantitative estimate of drug-likeness (QED) is 0.789. The van der Waals surface area contributed by atoms with Crippen molar-refractivity contribution in [2.45, 2.75) is 19.3 Å². The monoisotopic (exact) mass is 221 g/mol. The van der Waals surface area contributed by atoms with Gasteiger partial charge in [0.15, 0.2) is 0 Å². The minimum Gasteiger partial charge on any atom is -0.325 e. The zero-order valence-corrected chi connectivity index (χ0v) is 8.35. The number of hydrogen-bond donors (Lipinski definition) is 1. The molecule has 0 bridgehead atoms. The Morgan fingerprint density at radius 3 is 2.64 bits per heavy atom. The normalized spacial score (nSPS) is 11.8. The third kappa shape index (κ3) is 3.16. The van der Waals surface area contributed by atoms with E-state index in [0.29, 0.717) is 5.69 Å². The molecule has 0 aliphatic heterocycles. The molecule has 78 valence electrons. The molecule has 0 aliphatic rings. The maximum atomic E-state index is 12.9. The van der Waals surface area contributed by atoms with E-state index >= 15 is 0 Å². The Labute approximate surface area is 85.3 Å². The molecule has 0 saturated heterocycles. The highest BCUT2D eigenvalue weighted by molar-refractivity contribution is 6.28. The van der Waals surface area contributed by atoms with Gasteiger partial charge in [-0.1, -0.05) is 0 Å². The lowest BCUT2D eigenvalue weighted by atomic mass is 10.1. The predicted molar refractivity (Wildman–Crippen MR) is 49.5 cm³/mol. The summed E-state index contributed by atoms with van der Waals surface area (Å²) in [4.78, 5) is 7.45. The molecule has 1 aromatic heterocycles. The SMILES string of the molecule is Cc1cc(CC(F)(F)CN)nc(Cl)n1. The first kappa shape index (κ1) is 11.3. The van der Waals surface area contributed by atoms with Crippen molar-refractivity contribution in [1.82, 2.24) is 9.97 Å². The van der Waals surface area contributed by atoms with Crippen LogP contribution in [-0.4, -0.2) is 22.4 Å². The summed E-state index contributed by atoms with van der Waals surface area (Å²) in [6.45, 7) is 0.964. The molecule has 0 aromatic carbocycles. The summed E-state index contributed by atoms with van der Waals surface area (Å²) >= 11 is 5.52. The van der Waals surface area contributed by atoms with E-state index in [4.69, 9.17) is 17.3 Å². The average molecular weight is 222 g/mol. The zero-order chi connectivity index (χ0) is 10.8. The van der Waals surface area contributed by atoms with E-state index in [1.165, 1.54) is 6.07 Å². The van der Waals surface area contributed by atoms with Gasteiger partial charge in [-0.05, 0) is 24.6 Å². The van der Waals surface area contributed by atoms with Crippen molar-refractivity contribution in [3.8, 4) is 0 Å². The van der Waals surface area contributed by atoms with Crippen LogP contribution in [0, 0.1) is 6.92 Å². The van der Waals surface area contributed by atoms with Gasteiger partial charge in [-0.15, -0.1) is 0 Å². The van der Waals surface area contributed by atoms with Crippen LogP contribution in [0.5, 0.6) is 0 Å². The number of aryl methyl sites for hydroxylation is 1. The van der Waals surface area contributed by atoms with Gasteiger partial charge in [0.05, 0.1) is 18.7 Å². The molecular formula is C8H10ClF2N3. The number of nitrogens with two attached hydrogens (primary N) is 1. The number of rotatable bonds is 3. The van der Waals surface area contributed by atoms with E-state index in [1.807, 2.05) is 0 Å². The van der Waals surface area contributed by atoms with E-state index in [2.05, 4.69) is 9.97 Å². The third-order valence-electron chi connectivity index (χ3n) is 1.62. The van der Waals surface area contributed by atoms with Crippen molar-refractivity contribution in [3.63, 3.8) is 0 Å². The summed E-state index contributed by atoms with van der Waals surface area (Å²) < 4.78 is 25.7. The molecule has 1 aromatic rings. The van der Waals surface area contributed by atoms with Crippen LogP contribution in [0.3, 0.4) is 0 Å². The summed E-state index contributed by atoms with van der Waals surface area (Å²) in [6.07, 6.45) is -0.507. The van der Waals surface area contributed by atoms with Crippen molar-refractivity contribution in [2.24, 2.45) is 5.73 Å². The summed E-state index contributed by atoms with van der Waals surface area (Å²) in [5.41, 5.74) is 5.67. The van der Waals surface area contributed by atoms with Crippen LogP contribution in [0.25, 0.3) is 0 Å². The van der Waals surface area contributed by atoms with E-state index in [0.717, 1.165) is 0 Å². The Balaban J connectivity index is 2.87. The van der Waals surface area contributed by atoms with Crippen LogP contribution in [0.15, 0.2) is 6.07 Å². The predicted octanol–water partition coefficient (Wildman–Crippen LogP) is 1.57. The van der Waals surface area contributed by atoms with Crippen LogP contribution < -0.4 is 5.73 Å². The van der Waals surface area contributed by atoms with Gasteiger partial charge in [0.25, 0.3) is 5.92 Å². The summed E-state index contributed by atoms with van der Waals surface area (Å²) in [7, 11) is 0. The first-order valence-electron chi connectivity index (χ1n) is 4.01. The van der Waals surface area contributed by atoms with Crippen LogP contribution in [0.4, 0.5) is 8.78 Å². The van der Waals surface area contributed by atoms with Gasteiger partial charge in [-0.3, -0.25) is 0 Å². The zero-order valence-electron chi connectivity index (χ0n) is 7.60. The first-order chi connectivity index (χ1) is 6.43. The van der Waals surface area contributed by atoms with Crippen LogP contribution >= 0.6 is 11.6 Å². The fourth-order valence-electron chi connectivity index (χ4n) is 1.02. The number of hydrogen-bond acceptors (Lipinski definition) is 3. The molecule has 14 heavy (non-hydrogen) atoms. The van der Waals surface area contributed by atoms with E-state index in [1.54, 1.807) is 6.92 Å². The van der Waals surface area contributed by atoms with Crippen molar-refractivity contribution < 1.29 is 8.78 Å². The number of aromatic nitrogens is 2. The Hall–Kier alpha value is -0.810. The molecule has 0 aliphatic carbocycles. The maximum Gasteiger partial charge on any atom is 0.265 e. The minimum atomic E-state index is -2.94. The lowest BCUT2D eigenvalue weighted by Gasteiger charge is -2.12. The summed E-state index contributed by atoms with van der Waals surface area (Å²) in [6, 6.07) is 1.47. The van der Waals surface area contributed by atoms with Crippen molar-refractivity contribution in [3.05, 3.63) is 22.7 Å². The summed E-state index contributed by atoms with van der Waals surface area (Å²) in [5.74, 6) is -2.94. The average Bonchev–Trinajstić information content (AvgIpc) is 2.01. The van der Waals surface area contributed by atoms with Crippen molar-refractivity contribution in [2.75, 3.05) is 6.54 Å². The van der Waals surface area contributed by atoms with E-state index < -0.39 is 18.9 Å². The van der Waals surface area contributed by atoms with Crippen LogP contribution in [0.2, 0.25) is 5.28 Å². The second-order valence-electron chi connectivity index (χ2n) is 3.01. The molecule has 1 rings (SSSR count). The molecule has 0 fully saturated rings. The maximum absolute atomic E-state index is 12.9. The van der Waals surface area contributed by atoms with Crippen molar-refractivity contribution in [1.29, 1.82) is 0 Å². The molecule has 0 spiro atoms. The number of nitrogens with zero attached hydrogens (tertiary/aromatic N) is 2. The molecule has 1 heterocycles. The highest BCUT2D eigenvalue weighted by atomic mass is 35.5. The fraction of sp³-hybridized carbons (Fsp3) is 0.500. The number of halogens is 3. The standard InChI is InChI=1S/C8H10ClF2N3/c1-5-2-6(14-7(9)13-5)3-8(10,11)4-12/h2H,3-4,12H2,1H3. The molecule has 3 nitrogen and oxygen atoms in total. The molecular weight excluding hydrogens is 212 g/mol. The summed E-state index contributed by atoms with van der Waals surface area (Å²) in [5, 5.41) is -0.0205. The van der Waals surface area contributed by atoms with Gasteiger partial charge in [-0.2, -0.15) is 0 Å². The first-order valence-corrected chi connectivity index (χ1v) is 4.39. The lowest BCUT2D eigenvalue weighted by molar-refractivity contribution is 0.0105. The van der Waals surface area contributed by atoms with E-state index in [9.17, 15) is 8.78 Å². The largest absolute Gasteiger partial charge is 0.325 e. The Bertz CT molecular complexity index is 310. The second-order valence-corrected chi connectivity index (χ2v) is 3.34. The van der Waals surface area contributed by atoms with Crippen LogP contribution in [0.1, 0.15) is 11.4 Å². The Kier molecular flexibility index (Phi) is 3.34. The highest BCUT2D eigenvalue weighted by Gasteiger charge is 2.28. The van der Waals surface area contributed by atoms with Gasteiger partial charge < -0.3 is 5.73 Å². The van der Waals surface area contributed by atoms with E-state index in [-0.39, 0.29) is 11.0 Å². The molecule has 0 radical (unpaired) electrons.